The van der Waals surface area contributed by atoms with E-state index in [-0.39, 0.29) is 23.0 Å². The summed E-state index contributed by atoms with van der Waals surface area (Å²) < 4.78 is 0. The van der Waals surface area contributed by atoms with E-state index >= 15 is 0 Å². The van der Waals surface area contributed by atoms with E-state index in [0.29, 0.717) is 0 Å². The average Bonchev–Trinajstić information content (AvgIpc) is 2.56. The molecule has 1 aromatic carbocycles. The number of carbonyl (C=O) groups is 1. The first kappa shape index (κ1) is 16.5. The predicted octanol–water partition coefficient (Wildman–Crippen LogP) is 2.86. The van der Waals surface area contributed by atoms with Crippen molar-refractivity contribution in [2.45, 2.75) is 38.1 Å². The van der Waals surface area contributed by atoms with Crippen LogP contribution in [0.15, 0.2) is 36.0 Å². The highest BCUT2D eigenvalue weighted by molar-refractivity contribution is 5.97. The van der Waals surface area contributed by atoms with Crippen LogP contribution in [0.5, 0.6) is 0 Å². The summed E-state index contributed by atoms with van der Waals surface area (Å²) in [6, 6.07) is 7.98. The molecule has 0 spiro atoms. The molecule has 0 saturated heterocycles. The number of nitro benzene ring substituents is 1. The van der Waals surface area contributed by atoms with Crippen LogP contribution in [0.2, 0.25) is 0 Å². The van der Waals surface area contributed by atoms with Gasteiger partial charge in [0.1, 0.15) is 17.3 Å². The second-order valence-electron chi connectivity index (χ2n) is 5.40. The first-order valence-corrected chi connectivity index (χ1v) is 7.53. The van der Waals surface area contributed by atoms with E-state index in [1.165, 1.54) is 24.8 Å². The fourth-order valence-corrected chi connectivity index (χ4v) is 2.56. The molecule has 7 heteroatoms. The minimum absolute atomic E-state index is 0.0964. The normalized spacial score (nSPS) is 15.5. The van der Waals surface area contributed by atoms with Gasteiger partial charge in [-0.1, -0.05) is 31.4 Å². The summed E-state index contributed by atoms with van der Waals surface area (Å²) in [6.45, 7) is 0. The van der Waals surface area contributed by atoms with E-state index in [1.807, 2.05) is 6.07 Å². The molecule has 1 fully saturated rings. The number of hydrogen-bond donors (Lipinski definition) is 2. The zero-order chi connectivity index (χ0) is 16.7. The van der Waals surface area contributed by atoms with Gasteiger partial charge in [-0.3, -0.25) is 14.9 Å². The highest BCUT2D eigenvalue weighted by Crippen LogP contribution is 2.23. The third-order valence-electron chi connectivity index (χ3n) is 3.78. The van der Waals surface area contributed by atoms with Crippen molar-refractivity contribution < 1.29 is 9.72 Å². The lowest BCUT2D eigenvalue weighted by molar-refractivity contribution is -0.383. The van der Waals surface area contributed by atoms with Crippen LogP contribution in [0.25, 0.3) is 0 Å². The second kappa shape index (κ2) is 7.94. The molecule has 1 aliphatic rings. The van der Waals surface area contributed by atoms with Crippen LogP contribution in [-0.2, 0) is 4.79 Å². The van der Waals surface area contributed by atoms with Crippen LogP contribution in [0, 0.1) is 21.4 Å². The van der Waals surface area contributed by atoms with Gasteiger partial charge in [-0.25, -0.2) is 0 Å². The molecular formula is C16H18N4O3. The zero-order valence-corrected chi connectivity index (χ0v) is 12.6. The predicted molar refractivity (Wildman–Crippen MR) is 85.4 cm³/mol. The minimum Gasteiger partial charge on any atom is -0.355 e. The number of para-hydroxylation sites is 2. The summed E-state index contributed by atoms with van der Waals surface area (Å²) in [5.41, 5.74) is 0.0122. The maximum Gasteiger partial charge on any atom is 0.292 e. The van der Waals surface area contributed by atoms with Crippen LogP contribution < -0.4 is 10.6 Å². The lowest BCUT2D eigenvalue weighted by atomic mass is 9.95. The molecule has 23 heavy (non-hydrogen) atoms. The molecule has 1 aromatic rings. The summed E-state index contributed by atoms with van der Waals surface area (Å²) in [4.78, 5) is 22.5. The van der Waals surface area contributed by atoms with Gasteiger partial charge in [0.05, 0.1) is 4.92 Å². The summed E-state index contributed by atoms with van der Waals surface area (Å²) in [5.74, 6) is -0.453. The number of amides is 1. The molecule has 0 atom stereocenters. The molecular weight excluding hydrogens is 296 g/mol. The first-order chi connectivity index (χ1) is 11.1. The lowest BCUT2D eigenvalue weighted by Crippen LogP contribution is -2.37. The van der Waals surface area contributed by atoms with Crippen molar-refractivity contribution in [1.82, 2.24) is 5.32 Å². The van der Waals surface area contributed by atoms with Crippen LogP contribution in [-0.4, -0.2) is 16.9 Å². The van der Waals surface area contributed by atoms with Crippen molar-refractivity contribution in [3.63, 3.8) is 0 Å². The van der Waals surface area contributed by atoms with Gasteiger partial charge in [0.15, 0.2) is 0 Å². The molecule has 120 valence electrons. The Labute approximate surface area is 134 Å². The van der Waals surface area contributed by atoms with Crippen LogP contribution in [0.1, 0.15) is 32.1 Å². The standard InChI is InChI=1S/C16H18N4O3/c17-10-12(16(21)19-13-6-2-1-3-7-13)11-18-14-8-4-5-9-15(14)20(22)23/h4-5,8-9,11,13,18H,1-3,6-7H2,(H,19,21)/b12-11-. The minimum atomic E-state index is -0.523. The SMILES string of the molecule is N#C/C(=C/Nc1ccccc1[N+](=O)[O-])C(=O)NC1CCCCC1. The van der Waals surface area contributed by atoms with E-state index in [9.17, 15) is 14.9 Å². The zero-order valence-electron chi connectivity index (χ0n) is 12.6. The topological polar surface area (TPSA) is 108 Å². The van der Waals surface area contributed by atoms with E-state index in [1.54, 1.807) is 12.1 Å². The van der Waals surface area contributed by atoms with Crippen molar-refractivity contribution in [1.29, 1.82) is 5.26 Å². The number of rotatable bonds is 5. The number of hydrogen-bond acceptors (Lipinski definition) is 5. The number of nitriles is 1. The summed E-state index contributed by atoms with van der Waals surface area (Å²) in [5, 5.41) is 25.6. The molecule has 0 heterocycles. The molecule has 1 aliphatic carbocycles. The Bertz CT molecular complexity index is 658. The Morgan fingerprint density at radius 3 is 2.65 bits per heavy atom. The summed E-state index contributed by atoms with van der Waals surface area (Å²) in [7, 11) is 0. The molecule has 1 amide bonds. The largest absolute Gasteiger partial charge is 0.355 e. The van der Waals surface area contributed by atoms with Crippen LogP contribution >= 0.6 is 0 Å². The molecule has 2 N–H and O–H groups in total. The highest BCUT2D eigenvalue weighted by Gasteiger charge is 2.18. The number of nitrogens with one attached hydrogen (secondary N) is 2. The summed E-state index contributed by atoms with van der Waals surface area (Å²) in [6.07, 6.45) is 6.37. The van der Waals surface area contributed by atoms with Crippen molar-refractivity contribution in [3.8, 4) is 6.07 Å². The van der Waals surface area contributed by atoms with Gasteiger partial charge in [0.25, 0.3) is 11.6 Å². The highest BCUT2D eigenvalue weighted by atomic mass is 16.6. The number of benzene rings is 1. The van der Waals surface area contributed by atoms with Gasteiger partial charge < -0.3 is 10.6 Å². The Morgan fingerprint density at radius 2 is 2.00 bits per heavy atom. The molecule has 0 radical (unpaired) electrons. The fraction of sp³-hybridized carbons (Fsp3) is 0.375. The van der Waals surface area contributed by atoms with E-state index in [0.717, 1.165) is 25.7 Å². The van der Waals surface area contributed by atoms with E-state index < -0.39 is 10.8 Å². The smallest absolute Gasteiger partial charge is 0.292 e. The van der Waals surface area contributed by atoms with Crippen molar-refractivity contribution in [2.75, 3.05) is 5.32 Å². The lowest BCUT2D eigenvalue weighted by Gasteiger charge is -2.22. The molecule has 0 aliphatic heterocycles. The Kier molecular flexibility index (Phi) is 5.69. The third kappa shape index (κ3) is 4.54. The van der Waals surface area contributed by atoms with Crippen LogP contribution in [0.4, 0.5) is 11.4 Å². The van der Waals surface area contributed by atoms with Crippen molar-refractivity contribution in [2.24, 2.45) is 0 Å². The third-order valence-corrected chi connectivity index (χ3v) is 3.78. The number of nitrogens with zero attached hydrogens (tertiary/aromatic N) is 2. The molecule has 1 saturated carbocycles. The van der Waals surface area contributed by atoms with Crippen molar-refractivity contribution >= 4 is 17.3 Å². The first-order valence-electron chi connectivity index (χ1n) is 7.53. The van der Waals surface area contributed by atoms with Gasteiger partial charge in [-0.15, -0.1) is 0 Å². The van der Waals surface area contributed by atoms with Gasteiger partial charge in [0.2, 0.25) is 0 Å². The average molecular weight is 314 g/mol. The van der Waals surface area contributed by atoms with E-state index in [2.05, 4.69) is 10.6 Å². The maximum absolute atomic E-state index is 12.1. The van der Waals surface area contributed by atoms with Gasteiger partial charge in [-0.2, -0.15) is 5.26 Å². The Balaban J connectivity index is 2.05. The maximum atomic E-state index is 12.1. The summed E-state index contributed by atoms with van der Waals surface area (Å²) >= 11 is 0. The quantitative estimate of drug-likeness (QED) is 0.376. The number of nitro groups is 1. The molecule has 0 aromatic heterocycles. The number of anilines is 1. The van der Waals surface area contributed by atoms with Crippen LogP contribution in [0.3, 0.4) is 0 Å². The number of carbonyl (C=O) groups excluding carboxylic acids is 1. The molecule has 2 rings (SSSR count). The molecule has 0 bridgehead atoms. The molecule has 0 unspecified atom stereocenters. The fourth-order valence-electron chi connectivity index (χ4n) is 2.56. The van der Waals surface area contributed by atoms with Gasteiger partial charge in [-0.05, 0) is 18.9 Å². The monoisotopic (exact) mass is 314 g/mol. The van der Waals surface area contributed by atoms with E-state index in [4.69, 9.17) is 5.26 Å². The van der Waals surface area contributed by atoms with Gasteiger partial charge >= 0.3 is 0 Å². The molecule has 7 nitrogen and oxygen atoms in total. The van der Waals surface area contributed by atoms with Crippen molar-refractivity contribution in [3.05, 3.63) is 46.2 Å². The Morgan fingerprint density at radius 1 is 1.30 bits per heavy atom. The van der Waals surface area contributed by atoms with Gasteiger partial charge in [0, 0.05) is 18.3 Å². The second-order valence-corrected chi connectivity index (χ2v) is 5.40. The Hall–Kier alpha value is -2.88.